The summed E-state index contributed by atoms with van der Waals surface area (Å²) < 4.78 is 5.13. The molecule has 2 aromatic carbocycles. The summed E-state index contributed by atoms with van der Waals surface area (Å²) in [5.74, 6) is 0.202. The molecule has 1 aliphatic rings. The summed E-state index contributed by atoms with van der Waals surface area (Å²) in [4.78, 5) is 25.1. The van der Waals surface area contributed by atoms with E-state index in [2.05, 4.69) is 24.3 Å². The molecule has 0 atom stereocenters. The molecular formula is C22H25NO4. The molecular weight excluding hydrogens is 342 g/mol. The molecule has 0 radical (unpaired) electrons. The molecule has 5 heteroatoms. The first kappa shape index (κ1) is 19.0. The first-order valence-corrected chi connectivity index (χ1v) is 9.32. The van der Waals surface area contributed by atoms with Crippen molar-refractivity contribution in [1.82, 2.24) is 0 Å². The van der Waals surface area contributed by atoms with Gasteiger partial charge in [-0.25, -0.2) is 4.79 Å². The smallest absolute Gasteiger partial charge is 0.341 e. The van der Waals surface area contributed by atoms with Crippen LogP contribution in [0.25, 0.3) is 0 Å². The Balaban J connectivity index is 1.55. The van der Waals surface area contributed by atoms with E-state index >= 15 is 0 Å². The van der Waals surface area contributed by atoms with E-state index in [1.807, 2.05) is 6.07 Å². The molecule has 1 saturated carbocycles. The van der Waals surface area contributed by atoms with Crippen molar-refractivity contribution in [3.05, 3.63) is 60.2 Å². The van der Waals surface area contributed by atoms with Gasteiger partial charge in [0, 0.05) is 18.7 Å². The lowest BCUT2D eigenvalue weighted by atomic mass is 9.78. The van der Waals surface area contributed by atoms with E-state index in [0.29, 0.717) is 11.7 Å². The molecule has 0 aliphatic heterocycles. The van der Waals surface area contributed by atoms with E-state index in [-0.39, 0.29) is 18.4 Å². The SMILES string of the molecule is CN(C(=O)C1CCC(c2ccccc2)CC1)c1ccc(OCC(=O)O)cc1. The van der Waals surface area contributed by atoms with Crippen molar-refractivity contribution in [1.29, 1.82) is 0 Å². The summed E-state index contributed by atoms with van der Waals surface area (Å²) >= 11 is 0. The number of nitrogens with zero attached hydrogens (tertiary/aromatic N) is 1. The van der Waals surface area contributed by atoms with Crippen molar-refractivity contribution in [2.75, 3.05) is 18.6 Å². The van der Waals surface area contributed by atoms with Crippen LogP contribution in [0.5, 0.6) is 5.75 Å². The standard InChI is InChI=1S/C22H25NO4/c1-23(19-11-13-20(14-12-19)27-15-21(24)25)22(26)18-9-7-17(8-10-18)16-5-3-2-4-6-16/h2-6,11-14,17-18H,7-10,15H2,1H3,(H,24,25). The zero-order valence-corrected chi connectivity index (χ0v) is 15.5. The largest absolute Gasteiger partial charge is 0.482 e. The number of ether oxygens (including phenoxy) is 1. The minimum atomic E-state index is -1.02. The van der Waals surface area contributed by atoms with Crippen molar-refractivity contribution in [2.45, 2.75) is 31.6 Å². The van der Waals surface area contributed by atoms with Gasteiger partial charge >= 0.3 is 5.97 Å². The third kappa shape index (κ3) is 4.88. The normalized spacial score (nSPS) is 19.3. The minimum absolute atomic E-state index is 0.0536. The number of amides is 1. The summed E-state index contributed by atoms with van der Waals surface area (Å²) in [6, 6.07) is 17.5. The van der Waals surface area contributed by atoms with Crippen LogP contribution in [0.1, 0.15) is 37.2 Å². The second-order valence-corrected chi connectivity index (χ2v) is 7.03. The van der Waals surface area contributed by atoms with Crippen LogP contribution in [0.4, 0.5) is 5.69 Å². The maximum atomic E-state index is 12.9. The molecule has 1 aliphatic carbocycles. The van der Waals surface area contributed by atoms with E-state index < -0.39 is 5.97 Å². The van der Waals surface area contributed by atoms with Gasteiger partial charge in [0.15, 0.2) is 6.61 Å². The van der Waals surface area contributed by atoms with Crippen LogP contribution in [-0.2, 0) is 9.59 Å². The molecule has 27 heavy (non-hydrogen) atoms. The highest BCUT2D eigenvalue weighted by Gasteiger charge is 2.29. The first-order chi connectivity index (χ1) is 13.0. The van der Waals surface area contributed by atoms with Crippen molar-refractivity contribution >= 4 is 17.6 Å². The molecule has 142 valence electrons. The van der Waals surface area contributed by atoms with Gasteiger partial charge in [-0.15, -0.1) is 0 Å². The summed E-state index contributed by atoms with van der Waals surface area (Å²) in [7, 11) is 1.79. The van der Waals surface area contributed by atoms with Gasteiger partial charge in [-0.05, 0) is 61.4 Å². The van der Waals surface area contributed by atoms with Gasteiger partial charge < -0.3 is 14.7 Å². The Kier molecular flexibility index (Phi) is 6.12. The van der Waals surface area contributed by atoms with E-state index in [9.17, 15) is 9.59 Å². The Bertz CT molecular complexity index is 765. The highest BCUT2D eigenvalue weighted by molar-refractivity contribution is 5.94. The Labute approximate surface area is 159 Å². The highest BCUT2D eigenvalue weighted by atomic mass is 16.5. The van der Waals surface area contributed by atoms with Crippen molar-refractivity contribution < 1.29 is 19.4 Å². The molecule has 0 bridgehead atoms. The number of carboxylic acids is 1. The number of hydrogen-bond donors (Lipinski definition) is 1. The monoisotopic (exact) mass is 367 g/mol. The lowest BCUT2D eigenvalue weighted by Crippen LogP contribution is -2.34. The minimum Gasteiger partial charge on any atom is -0.482 e. The Morgan fingerprint density at radius 1 is 1.00 bits per heavy atom. The fourth-order valence-electron chi connectivity index (χ4n) is 3.71. The van der Waals surface area contributed by atoms with Gasteiger partial charge in [0.05, 0.1) is 0 Å². The number of rotatable bonds is 6. The Morgan fingerprint density at radius 2 is 1.63 bits per heavy atom. The second kappa shape index (κ2) is 8.71. The van der Waals surface area contributed by atoms with E-state index in [1.54, 1.807) is 36.2 Å². The van der Waals surface area contributed by atoms with Crippen LogP contribution >= 0.6 is 0 Å². The molecule has 0 unspecified atom stereocenters. The Hall–Kier alpha value is -2.82. The predicted octanol–water partition coefficient (Wildman–Crippen LogP) is 4.09. The molecule has 2 aromatic rings. The first-order valence-electron chi connectivity index (χ1n) is 9.32. The summed E-state index contributed by atoms with van der Waals surface area (Å²) in [6.07, 6.45) is 3.89. The maximum absolute atomic E-state index is 12.9. The van der Waals surface area contributed by atoms with Crippen LogP contribution in [0.15, 0.2) is 54.6 Å². The summed E-state index contributed by atoms with van der Waals surface area (Å²) in [5, 5.41) is 8.65. The van der Waals surface area contributed by atoms with Gasteiger partial charge in [0.1, 0.15) is 5.75 Å². The Morgan fingerprint density at radius 3 is 2.22 bits per heavy atom. The van der Waals surface area contributed by atoms with Gasteiger partial charge in [0.2, 0.25) is 5.91 Å². The van der Waals surface area contributed by atoms with Crippen LogP contribution in [0.3, 0.4) is 0 Å². The average Bonchev–Trinajstić information content (AvgIpc) is 2.72. The molecule has 0 spiro atoms. The fourth-order valence-corrected chi connectivity index (χ4v) is 3.71. The lowest BCUT2D eigenvalue weighted by Gasteiger charge is -2.31. The zero-order chi connectivity index (χ0) is 19.2. The van der Waals surface area contributed by atoms with Gasteiger partial charge in [0.25, 0.3) is 0 Å². The van der Waals surface area contributed by atoms with Crippen LogP contribution in [0, 0.1) is 5.92 Å². The molecule has 0 saturated heterocycles. The summed E-state index contributed by atoms with van der Waals surface area (Å²) in [5.41, 5.74) is 2.15. The van der Waals surface area contributed by atoms with Gasteiger partial charge in [-0.3, -0.25) is 4.79 Å². The topological polar surface area (TPSA) is 66.8 Å². The van der Waals surface area contributed by atoms with Crippen molar-refractivity contribution in [3.8, 4) is 5.75 Å². The quantitative estimate of drug-likeness (QED) is 0.835. The number of carbonyl (C=O) groups is 2. The van der Waals surface area contributed by atoms with Crippen LogP contribution < -0.4 is 9.64 Å². The van der Waals surface area contributed by atoms with E-state index in [4.69, 9.17) is 9.84 Å². The number of anilines is 1. The van der Waals surface area contributed by atoms with Gasteiger partial charge in [-0.1, -0.05) is 30.3 Å². The maximum Gasteiger partial charge on any atom is 0.341 e. The highest BCUT2D eigenvalue weighted by Crippen LogP contribution is 2.36. The van der Waals surface area contributed by atoms with Crippen molar-refractivity contribution in [2.24, 2.45) is 5.92 Å². The van der Waals surface area contributed by atoms with Crippen LogP contribution in [-0.4, -0.2) is 30.6 Å². The van der Waals surface area contributed by atoms with Gasteiger partial charge in [-0.2, -0.15) is 0 Å². The lowest BCUT2D eigenvalue weighted by molar-refractivity contribution is -0.139. The van der Waals surface area contributed by atoms with Crippen molar-refractivity contribution in [3.63, 3.8) is 0 Å². The average molecular weight is 367 g/mol. The molecule has 0 heterocycles. The van der Waals surface area contributed by atoms with E-state index in [0.717, 1.165) is 31.4 Å². The third-order valence-electron chi connectivity index (χ3n) is 5.26. The third-order valence-corrected chi connectivity index (χ3v) is 5.26. The second-order valence-electron chi connectivity index (χ2n) is 7.03. The number of hydrogen-bond acceptors (Lipinski definition) is 3. The molecule has 1 amide bonds. The van der Waals surface area contributed by atoms with E-state index in [1.165, 1.54) is 5.56 Å². The molecule has 1 fully saturated rings. The molecule has 5 nitrogen and oxygen atoms in total. The predicted molar refractivity (Wildman–Crippen MR) is 104 cm³/mol. The molecule has 3 rings (SSSR count). The van der Waals surface area contributed by atoms with Crippen LogP contribution in [0.2, 0.25) is 0 Å². The fraction of sp³-hybridized carbons (Fsp3) is 0.364. The number of carbonyl (C=O) groups excluding carboxylic acids is 1. The molecule has 0 aromatic heterocycles. The summed E-state index contributed by atoms with van der Waals surface area (Å²) in [6.45, 7) is -0.376. The molecule has 1 N–H and O–H groups in total. The number of carboxylic acid groups (broad SMARTS) is 1. The number of aliphatic carboxylic acids is 1. The zero-order valence-electron chi connectivity index (χ0n) is 15.5. The number of benzene rings is 2.